The van der Waals surface area contributed by atoms with Crippen LogP contribution in [0.4, 0.5) is 13.2 Å². The summed E-state index contributed by atoms with van der Waals surface area (Å²) in [6.45, 7) is 5.46. The number of hydrogen-bond donors (Lipinski definition) is 1. The van der Waals surface area contributed by atoms with Crippen LogP contribution in [0.3, 0.4) is 0 Å². The molecular formula is C20H23F3N2O2. The third-order valence-corrected chi connectivity index (χ3v) is 4.72. The lowest BCUT2D eigenvalue weighted by molar-refractivity contribution is -0.203. The molecule has 146 valence electrons. The monoisotopic (exact) mass is 380 g/mol. The van der Waals surface area contributed by atoms with Gasteiger partial charge in [-0.2, -0.15) is 18.2 Å². The number of hydrogen-bond acceptors (Lipinski definition) is 3. The number of nitrogens with zero attached hydrogens (tertiary/aromatic N) is 1. The molecule has 0 aliphatic carbocycles. The predicted molar refractivity (Wildman–Crippen MR) is 97.2 cm³/mol. The molecule has 0 spiro atoms. The number of ether oxygens (including phenoxy) is 1. The average Bonchev–Trinajstić information content (AvgIpc) is 2.85. The normalized spacial score (nSPS) is 18.5. The van der Waals surface area contributed by atoms with Gasteiger partial charge >= 0.3 is 6.18 Å². The fraction of sp³-hybridized carbons (Fsp3) is 0.450. The number of amides is 1. The second-order valence-corrected chi connectivity index (χ2v) is 7.39. The lowest BCUT2D eigenvalue weighted by Gasteiger charge is -2.38. The molecule has 0 bridgehead atoms. The van der Waals surface area contributed by atoms with Gasteiger partial charge in [0.15, 0.2) is 6.04 Å². The molecule has 1 aliphatic heterocycles. The summed E-state index contributed by atoms with van der Waals surface area (Å²) in [5.41, 5.74) is 1.46. The van der Waals surface area contributed by atoms with Gasteiger partial charge in [0.25, 0.3) is 0 Å². The third kappa shape index (κ3) is 3.74. The van der Waals surface area contributed by atoms with Gasteiger partial charge in [-0.15, -0.1) is 0 Å². The minimum absolute atomic E-state index is 0.00447. The molecule has 1 atom stereocenters. The Labute approximate surface area is 156 Å². The van der Waals surface area contributed by atoms with Gasteiger partial charge in [0.05, 0.1) is 6.61 Å². The highest BCUT2D eigenvalue weighted by Gasteiger charge is 2.54. The minimum Gasteiger partial charge on any atom is -0.493 e. The fourth-order valence-corrected chi connectivity index (χ4v) is 3.55. The Balaban J connectivity index is 2.25. The topological polar surface area (TPSA) is 41.6 Å². The Morgan fingerprint density at radius 1 is 1.22 bits per heavy atom. The maximum absolute atomic E-state index is 14.3. The van der Waals surface area contributed by atoms with E-state index in [0.29, 0.717) is 23.8 Å². The van der Waals surface area contributed by atoms with Crippen molar-refractivity contribution in [1.82, 2.24) is 10.4 Å². The fourth-order valence-electron chi connectivity index (χ4n) is 3.55. The molecule has 1 fully saturated rings. The molecule has 1 saturated heterocycles. The quantitative estimate of drug-likeness (QED) is 0.814. The molecule has 1 heterocycles. The number of alkyl halides is 3. The van der Waals surface area contributed by atoms with E-state index < -0.39 is 23.7 Å². The number of benzene rings is 2. The van der Waals surface area contributed by atoms with Crippen molar-refractivity contribution in [2.24, 2.45) is 0 Å². The van der Waals surface area contributed by atoms with Gasteiger partial charge in [0.1, 0.15) is 5.75 Å². The molecule has 2 aromatic rings. The standard InChI is InChI=1S/C20H23F3N2O2/c1-4-11-27-15-10-9-13-7-5-6-8-14(13)17(15)18(20(21,22)23)25-19(2,3)12-16(26)24-25/h5-10,18H,4,11-12H2,1-3H3,(H,24,26). The number of fused-ring (bicyclic) bond motifs is 1. The van der Waals surface area contributed by atoms with Gasteiger partial charge in [-0.1, -0.05) is 37.3 Å². The molecule has 4 nitrogen and oxygen atoms in total. The smallest absolute Gasteiger partial charge is 0.410 e. The summed E-state index contributed by atoms with van der Waals surface area (Å²) in [5.74, 6) is -0.236. The zero-order valence-electron chi connectivity index (χ0n) is 15.6. The third-order valence-electron chi connectivity index (χ3n) is 4.72. The van der Waals surface area contributed by atoms with Crippen molar-refractivity contribution in [2.75, 3.05) is 6.61 Å². The SMILES string of the molecule is CCCOc1ccc2ccccc2c1C(N1NC(=O)CC1(C)C)C(F)(F)F. The van der Waals surface area contributed by atoms with E-state index in [9.17, 15) is 18.0 Å². The molecule has 0 saturated carbocycles. The van der Waals surface area contributed by atoms with Crippen molar-refractivity contribution in [2.45, 2.75) is 51.4 Å². The van der Waals surface area contributed by atoms with Gasteiger partial charge in [0.2, 0.25) is 5.91 Å². The number of nitrogens with one attached hydrogen (secondary N) is 1. The van der Waals surface area contributed by atoms with E-state index in [2.05, 4.69) is 5.43 Å². The first-order valence-electron chi connectivity index (χ1n) is 8.95. The lowest BCUT2D eigenvalue weighted by Crippen LogP contribution is -2.51. The molecule has 3 rings (SSSR count). The second kappa shape index (κ2) is 7.03. The van der Waals surface area contributed by atoms with Crippen LogP contribution < -0.4 is 10.2 Å². The van der Waals surface area contributed by atoms with Crippen LogP contribution in [0.2, 0.25) is 0 Å². The first-order chi connectivity index (χ1) is 12.6. The second-order valence-electron chi connectivity index (χ2n) is 7.39. The van der Waals surface area contributed by atoms with E-state index in [1.807, 2.05) is 6.92 Å². The maximum Gasteiger partial charge on any atom is 0.410 e. The van der Waals surface area contributed by atoms with Crippen LogP contribution in [0.1, 0.15) is 45.2 Å². The van der Waals surface area contributed by atoms with Crippen LogP contribution in [0.25, 0.3) is 10.8 Å². The maximum atomic E-state index is 14.3. The first kappa shape index (κ1) is 19.5. The predicted octanol–water partition coefficient (Wildman–Crippen LogP) is 4.75. The Bertz CT molecular complexity index is 849. The minimum atomic E-state index is -4.61. The van der Waals surface area contributed by atoms with Crippen LogP contribution >= 0.6 is 0 Å². The highest BCUT2D eigenvalue weighted by molar-refractivity contribution is 5.88. The zero-order valence-corrected chi connectivity index (χ0v) is 15.6. The van der Waals surface area contributed by atoms with E-state index in [0.717, 1.165) is 5.01 Å². The first-order valence-corrected chi connectivity index (χ1v) is 8.95. The summed E-state index contributed by atoms with van der Waals surface area (Å²) in [6, 6.07) is 8.23. The number of rotatable bonds is 5. The van der Waals surface area contributed by atoms with Crippen molar-refractivity contribution in [3.63, 3.8) is 0 Å². The van der Waals surface area contributed by atoms with Crippen molar-refractivity contribution >= 4 is 16.7 Å². The highest BCUT2D eigenvalue weighted by Crippen LogP contribution is 2.47. The van der Waals surface area contributed by atoms with Crippen molar-refractivity contribution in [3.8, 4) is 5.75 Å². The Morgan fingerprint density at radius 2 is 1.93 bits per heavy atom. The molecule has 7 heteroatoms. The Kier molecular flexibility index (Phi) is 5.08. The van der Waals surface area contributed by atoms with Crippen molar-refractivity contribution < 1.29 is 22.7 Å². The molecule has 1 amide bonds. The lowest BCUT2D eigenvalue weighted by atomic mass is 9.93. The van der Waals surface area contributed by atoms with Crippen LogP contribution in [0.15, 0.2) is 36.4 Å². The van der Waals surface area contributed by atoms with Crippen LogP contribution in [0, 0.1) is 0 Å². The van der Waals surface area contributed by atoms with Gasteiger partial charge in [-0.25, -0.2) is 0 Å². The number of carbonyl (C=O) groups excluding carboxylic acids is 1. The summed E-state index contributed by atoms with van der Waals surface area (Å²) in [5, 5.41) is 2.18. The summed E-state index contributed by atoms with van der Waals surface area (Å²) >= 11 is 0. The summed E-state index contributed by atoms with van der Waals surface area (Å²) in [7, 11) is 0. The molecule has 27 heavy (non-hydrogen) atoms. The molecular weight excluding hydrogens is 357 g/mol. The Hall–Kier alpha value is -2.28. The zero-order chi connectivity index (χ0) is 19.8. The number of hydrazine groups is 1. The van der Waals surface area contributed by atoms with Crippen LogP contribution in [0.5, 0.6) is 5.75 Å². The molecule has 2 aromatic carbocycles. The number of halogens is 3. The van der Waals surface area contributed by atoms with E-state index in [1.54, 1.807) is 50.2 Å². The van der Waals surface area contributed by atoms with Gasteiger partial charge in [-0.3, -0.25) is 10.2 Å². The van der Waals surface area contributed by atoms with E-state index in [-0.39, 0.29) is 17.7 Å². The highest BCUT2D eigenvalue weighted by atomic mass is 19.4. The van der Waals surface area contributed by atoms with Gasteiger partial charge in [0, 0.05) is 17.5 Å². The summed E-state index contributed by atoms with van der Waals surface area (Å²) < 4.78 is 48.6. The molecule has 1 N–H and O–H groups in total. The van der Waals surface area contributed by atoms with E-state index in [1.165, 1.54) is 0 Å². The largest absolute Gasteiger partial charge is 0.493 e. The van der Waals surface area contributed by atoms with Gasteiger partial charge < -0.3 is 4.74 Å². The molecule has 1 unspecified atom stereocenters. The average molecular weight is 380 g/mol. The van der Waals surface area contributed by atoms with Gasteiger partial charge in [-0.05, 0) is 37.1 Å². The Morgan fingerprint density at radius 3 is 2.52 bits per heavy atom. The molecule has 0 aromatic heterocycles. The summed E-state index contributed by atoms with van der Waals surface area (Å²) in [6.07, 6.45) is -3.94. The molecule has 1 aliphatic rings. The van der Waals surface area contributed by atoms with Crippen molar-refractivity contribution in [1.29, 1.82) is 0 Å². The summed E-state index contributed by atoms with van der Waals surface area (Å²) in [4.78, 5) is 11.9. The van der Waals surface area contributed by atoms with Crippen molar-refractivity contribution in [3.05, 3.63) is 42.0 Å². The van der Waals surface area contributed by atoms with Crippen LogP contribution in [-0.4, -0.2) is 29.2 Å². The van der Waals surface area contributed by atoms with Crippen LogP contribution in [-0.2, 0) is 4.79 Å². The van der Waals surface area contributed by atoms with E-state index >= 15 is 0 Å². The van der Waals surface area contributed by atoms with E-state index in [4.69, 9.17) is 4.74 Å². The molecule has 0 radical (unpaired) electrons. The number of carbonyl (C=O) groups is 1.